The van der Waals surface area contributed by atoms with Crippen molar-refractivity contribution in [2.24, 2.45) is 17.2 Å². The number of carboxylic acid groups (broad SMARTS) is 1. The number of carbonyl (C=O) groups is 5. The van der Waals surface area contributed by atoms with Crippen LogP contribution in [0.4, 0.5) is 0 Å². The molecule has 4 atom stereocenters. The van der Waals surface area contributed by atoms with Gasteiger partial charge in [0.15, 0.2) is 0 Å². The molecule has 0 saturated carbocycles. The Balaban J connectivity index is 2.20. The predicted octanol–water partition coefficient (Wildman–Crippen LogP) is -0.562. The third-order valence-corrected chi connectivity index (χ3v) is 6.52. The number of aliphatic carboxylic acids is 1. The molecule has 0 bridgehead atoms. The number of primary amides is 1. The summed E-state index contributed by atoms with van der Waals surface area (Å²) in [7, 11) is 0. The fourth-order valence-electron chi connectivity index (χ4n) is 4.17. The minimum absolute atomic E-state index is 0.0321. The third-order valence-electron chi connectivity index (χ3n) is 6.52. The van der Waals surface area contributed by atoms with Gasteiger partial charge in [-0.1, -0.05) is 42.5 Å². The van der Waals surface area contributed by atoms with Crippen molar-refractivity contribution in [1.82, 2.24) is 16.0 Å². The highest BCUT2D eigenvalue weighted by atomic mass is 16.4. The summed E-state index contributed by atoms with van der Waals surface area (Å²) in [5.74, 6) is -4.04. The Morgan fingerprint density at radius 3 is 1.88 bits per heavy atom. The van der Waals surface area contributed by atoms with Crippen LogP contribution in [0.2, 0.25) is 0 Å². The Morgan fingerprint density at radius 1 is 0.714 bits per heavy atom. The van der Waals surface area contributed by atoms with Crippen molar-refractivity contribution in [3.05, 3.63) is 65.7 Å². The number of rotatable bonds is 18. The molecule has 0 saturated heterocycles. The van der Waals surface area contributed by atoms with Gasteiger partial charge in [-0.05, 0) is 61.9 Å². The largest absolute Gasteiger partial charge is 0.508 e. The van der Waals surface area contributed by atoms with E-state index in [1.54, 1.807) is 42.5 Å². The van der Waals surface area contributed by atoms with Crippen LogP contribution in [0.5, 0.6) is 5.75 Å². The molecule has 0 aliphatic rings. The van der Waals surface area contributed by atoms with E-state index in [9.17, 15) is 34.2 Å². The predicted molar refractivity (Wildman–Crippen MR) is 155 cm³/mol. The minimum atomic E-state index is -1.26. The van der Waals surface area contributed by atoms with Crippen LogP contribution in [0.3, 0.4) is 0 Å². The normalized spacial score (nSPS) is 13.7. The summed E-state index contributed by atoms with van der Waals surface area (Å²) in [6.45, 7) is 0.379. The summed E-state index contributed by atoms with van der Waals surface area (Å²) >= 11 is 0. The number of carboxylic acids is 1. The fourth-order valence-corrected chi connectivity index (χ4v) is 4.17. The smallest absolute Gasteiger partial charge is 0.326 e. The first-order valence-electron chi connectivity index (χ1n) is 13.7. The zero-order valence-corrected chi connectivity index (χ0v) is 23.3. The maximum Gasteiger partial charge on any atom is 0.326 e. The van der Waals surface area contributed by atoms with Crippen molar-refractivity contribution in [3.63, 3.8) is 0 Å². The quantitative estimate of drug-likeness (QED) is 0.105. The molecule has 0 fully saturated rings. The van der Waals surface area contributed by atoms with E-state index < -0.39 is 53.8 Å². The SMILES string of the molecule is NCCCCC(NC(=O)C(Cc1ccccc1)NC(=O)C(CCC(N)=O)NC(=O)C(N)Cc1ccc(O)cc1)C(=O)O. The molecule has 0 spiro atoms. The molecule has 11 N–H and O–H groups in total. The Hall–Kier alpha value is -4.49. The molecule has 228 valence electrons. The van der Waals surface area contributed by atoms with E-state index in [1.807, 2.05) is 0 Å². The van der Waals surface area contributed by atoms with Gasteiger partial charge in [0, 0.05) is 12.8 Å². The lowest BCUT2D eigenvalue weighted by molar-refractivity contribution is -0.142. The molecule has 4 unspecified atom stereocenters. The van der Waals surface area contributed by atoms with Crippen LogP contribution >= 0.6 is 0 Å². The van der Waals surface area contributed by atoms with Gasteiger partial charge >= 0.3 is 5.97 Å². The molecule has 0 aliphatic heterocycles. The third kappa shape index (κ3) is 11.9. The van der Waals surface area contributed by atoms with E-state index in [1.165, 1.54) is 12.1 Å². The summed E-state index contributed by atoms with van der Waals surface area (Å²) in [5.41, 5.74) is 18.2. The van der Waals surface area contributed by atoms with Gasteiger partial charge in [-0.3, -0.25) is 19.2 Å². The molecule has 2 rings (SSSR count). The molecule has 0 aliphatic carbocycles. The Labute approximate surface area is 244 Å². The van der Waals surface area contributed by atoms with E-state index in [0.29, 0.717) is 30.5 Å². The highest BCUT2D eigenvalue weighted by Gasteiger charge is 2.30. The van der Waals surface area contributed by atoms with Crippen LogP contribution in [0.15, 0.2) is 54.6 Å². The molecular weight excluding hydrogens is 544 g/mol. The van der Waals surface area contributed by atoms with Crippen molar-refractivity contribution < 1.29 is 34.2 Å². The topological polar surface area (TPSA) is 240 Å². The van der Waals surface area contributed by atoms with E-state index in [2.05, 4.69) is 16.0 Å². The van der Waals surface area contributed by atoms with Crippen molar-refractivity contribution in [3.8, 4) is 5.75 Å². The number of hydrogen-bond donors (Lipinski definition) is 8. The number of amides is 4. The minimum Gasteiger partial charge on any atom is -0.508 e. The van der Waals surface area contributed by atoms with Gasteiger partial charge in [0.2, 0.25) is 23.6 Å². The number of phenolic OH excluding ortho intramolecular Hbond substituents is 1. The molecule has 2 aromatic rings. The zero-order chi connectivity index (χ0) is 31.1. The molecule has 0 aromatic heterocycles. The van der Waals surface area contributed by atoms with Crippen LogP contribution in [0.25, 0.3) is 0 Å². The van der Waals surface area contributed by atoms with Gasteiger partial charge < -0.3 is 43.4 Å². The average molecular weight is 585 g/mol. The lowest BCUT2D eigenvalue weighted by atomic mass is 10.0. The van der Waals surface area contributed by atoms with Crippen LogP contribution in [0.1, 0.15) is 43.2 Å². The first kappa shape index (κ1) is 33.7. The Morgan fingerprint density at radius 2 is 1.29 bits per heavy atom. The summed E-state index contributed by atoms with van der Waals surface area (Å²) < 4.78 is 0. The van der Waals surface area contributed by atoms with E-state index in [4.69, 9.17) is 17.2 Å². The Kier molecular flexibility index (Phi) is 13.9. The Bertz CT molecular complexity index is 1190. The lowest BCUT2D eigenvalue weighted by Crippen LogP contribution is -2.57. The second kappa shape index (κ2) is 17.4. The number of carbonyl (C=O) groups excluding carboxylic acids is 4. The van der Waals surface area contributed by atoms with E-state index >= 15 is 0 Å². The van der Waals surface area contributed by atoms with Gasteiger partial charge in [-0.2, -0.15) is 0 Å². The fraction of sp³-hybridized carbons (Fsp3) is 0.414. The summed E-state index contributed by atoms with van der Waals surface area (Å²) in [6, 6.07) is 10.2. The monoisotopic (exact) mass is 584 g/mol. The number of hydrogen-bond acceptors (Lipinski definition) is 8. The summed E-state index contributed by atoms with van der Waals surface area (Å²) in [5, 5.41) is 26.7. The zero-order valence-electron chi connectivity index (χ0n) is 23.3. The van der Waals surface area contributed by atoms with Crippen molar-refractivity contribution in [2.75, 3.05) is 6.54 Å². The number of nitrogens with one attached hydrogen (secondary N) is 3. The second-order valence-corrected chi connectivity index (χ2v) is 9.98. The highest BCUT2D eigenvalue weighted by Crippen LogP contribution is 2.12. The van der Waals surface area contributed by atoms with E-state index in [0.717, 1.165) is 0 Å². The standard InChI is InChI=1S/C29H40N6O7/c30-15-5-4-8-23(29(41)42)34-28(40)24(17-18-6-2-1-3-7-18)35-27(39)22(13-14-25(32)37)33-26(38)21(31)16-19-9-11-20(36)12-10-19/h1-3,6-7,9-12,21-24,36H,4-5,8,13-17,30-31H2,(H2,32,37)(H,33,38)(H,34,40)(H,35,39)(H,41,42). The summed E-state index contributed by atoms with van der Waals surface area (Å²) in [6.07, 6.45) is 0.967. The first-order valence-corrected chi connectivity index (χ1v) is 13.7. The summed E-state index contributed by atoms with van der Waals surface area (Å²) in [4.78, 5) is 62.8. The molecular formula is C29H40N6O7. The van der Waals surface area contributed by atoms with Gasteiger partial charge in [0.05, 0.1) is 6.04 Å². The van der Waals surface area contributed by atoms with Crippen molar-refractivity contribution in [1.29, 1.82) is 0 Å². The number of nitrogens with two attached hydrogens (primary N) is 3. The number of phenols is 1. The number of unbranched alkanes of at least 4 members (excludes halogenated alkanes) is 1. The maximum atomic E-state index is 13.4. The van der Waals surface area contributed by atoms with Crippen molar-refractivity contribution in [2.45, 2.75) is 69.1 Å². The number of aromatic hydroxyl groups is 1. The lowest BCUT2D eigenvalue weighted by Gasteiger charge is -2.25. The van der Waals surface area contributed by atoms with Gasteiger partial charge in [-0.15, -0.1) is 0 Å². The molecule has 2 aromatic carbocycles. The molecule has 0 heterocycles. The van der Waals surface area contributed by atoms with Gasteiger partial charge in [0.25, 0.3) is 0 Å². The molecule has 13 nitrogen and oxygen atoms in total. The first-order chi connectivity index (χ1) is 20.0. The average Bonchev–Trinajstić information content (AvgIpc) is 2.95. The second-order valence-electron chi connectivity index (χ2n) is 9.98. The van der Waals surface area contributed by atoms with Crippen LogP contribution < -0.4 is 33.2 Å². The molecule has 0 radical (unpaired) electrons. The van der Waals surface area contributed by atoms with Crippen LogP contribution in [-0.2, 0) is 36.8 Å². The van der Waals surface area contributed by atoms with Gasteiger partial charge in [0.1, 0.15) is 23.9 Å². The van der Waals surface area contributed by atoms with E-state index in [-0.39, 0.29) is 37.9 Å². The van der Waals surface area contributed by atoms with Gasteiger partial charge in [-0.25, -0.2) is 4.79 Å². The molecule has 13 heteroatoms. The number of benzene rings is 2. The highest BCUT2D eigenvalue weighted by molar-refractivity contribution is 5.94. The maximum absolute atomic E-state index is 13.4. The molecule has 4 amide bonds. The van der Waals surface area contributed by atoms with Crippen LogP contribution in [-0.4, -0.2) is 70.5 Å². The van der Waals surface area contributed by atoms with Crippen LogP contribution in [0, 0.1) is 0 Å². The molecule has 42 heavy (non-hydrogen) atoms. The van der Waals surface area contributed by atoms with Crippen molar-refractivity contribution >= 4 is 29.6 Å².